The minimum Gasteiger partial charge on any atom is -0.497 e. The molecule has 0 aliphatic carbocycles. The van der Waals surface area contributed by atoms with Crippen molar-refractivity contribution in [2.75, 3.05) is 20.7 Å². The molecule has 144 valence electrons. The molecule has 0 bridgehead atoms. The highest BCUT2D eigenvalue weighted by Gasteiger charge is 2.16. The van der Waals surface area contributed by atoms with Crippen LogP contribution in [0.1, 0.15) is 22.7 Å². The zero-order valence-corrected chi connectivity index (χ0v) is 16.3. The van der Waals surface area contributed by atoms with Crippen LogP contribution in [0.4, 0.5) is 0 Å². The smallest absolute Gasteiger partial charge is 0.236 e. The lowest BCUT2D eigenvalue weighted by atomic mass is 9.99. The monoisotopic (exact) mass is 374 g/mol. The van der Waals surface area contributed by atoms with Gasteiger partial charge in [0.05, 0.1) is 19.7 Å². The zero-order chi connectivity index (χ0) is 19.8. The van der Waals surface area contributed by atoms with Crippen LogP contribution in [0.2, 0.25) is 0 Å². The average Bonchev–Trinajstić information content (AvgIpc) is 2.76. The van der Waals surface area contributed by atoms with Crippen LogP contribution < -0.4 is 10.1 Å². The van der Waals surface area contributed by atoms with E-state index >= 15 is 0 Å². The van der Waals surface area contributed by atoms with Crippen LogP contribution in [0.25, 0.3) is 0 Å². The van der Waals surface area contributed by atoms with Gasteiger partial charge in [-0.25, -0.2) is 0 Å². The summed E-state index contributed by atoms with van der Waals surface area (Å²) in [5.41, 5.74) is 3.35. The standard InChI is InChI=1S/C24H26N2O2/c1-26(18-19-13-15-22(28-2)16-14-19)23(27)17-25-24(20-9-5-3-6-10-20)21-11-7-4-8-12-21/h3-16,24-25H,17-18H2,1-2H3. The van der Waals surface area contributed by atoms with E-state index in [9.17, 15) is 4.79 Å². The Morgan fingerprint density at radius 1 is 0.893 bits per heavy atom. The molecule has 0 unspecified atom stereocenters. The maximum Gasteiger partial charge on any atom is 0.236 e. The minimum absolute atomic E-state index is 0.0271. The van der Waals surface area contributed by atoms with E-state index in [0.717, 1.165) is 22.4 Å². The van der Waals surface area contributed by atoms with Crippen LogP contribution in [0.3, 0.4) is 0 Å². The number of likely N-dealkylation sites (N-methyl/N-ethyl adjacent to an activating group) is 1. The van der Waals surface area contributed by atoms with Crippen LogP contribution >= 0.6 is 0 Å². The summed E-state index contributed by atoms with van der Waals surface area (Å²) in [5, 5.41) is 3.43. The molecule has 0 heterocycles. The molecule has 0 aromatic heterocycles. The maximum absolute atomic E-state index is 12.7. The molecule has 0 saturated carbocycles. The lowest BCUT2D eigenvalue weighted by molar-refractivity contribution is -0.129. The number of hydrogen-bond donors (Lipinski definition) is 1. The van der Waals surface area contributed by atoms with E-state index in [-0.39, 0.29) is 18.5 Å². The second-order valence-corrected chi connectivity index (χ2v) is 6.73. The van der Waals surface area contributed by atoms with E-state index in [1.54, 1.807) is 12.0 Å². The van der Waals surface area contributed by atoms with Crippen molar-refractivity contribution in [3.05, 3.63) is 102 Å². The van der Waals surface area contributed by atoms with Crippen molar-refractivity contribution in [1.29, 1.82) is 0 Å². The molecular weight excluding hydrogens is 348 g/mol. The van der Waals surface area contributed by atoms with Gasteiger partial charge in [-0.15, -0.1) is 0 Å². The Kier molecular flexibility index (Phi) is 6.82. The number of benzene rings is 3. The second kappa shape index (κ2) is 9.72. The molecule has 4 nitrogen and oxygen atoms in total. The van der Waals surface area contributed by atoms with Crippen LogP contribution in [0.15, 0.2) is 84.9 Å². The van der Waals surface area contributed by atoms with Gasteiger partial charge in [0.15, 0.2) is 0 Å². The topological polar surface area (TPSA) is 41.6 Å². The highest BCUT2D eigenvalue weighted by Crippen LogP contribution is 2.21. The van der Waals surface area contributed by atoms with Crippen molar-refractivity contribution in [3.8, 4) is 5.75 Å². The van der Waals surface area contributed by atoms with Crippen LogP contribution in [0, 0.1) is 0 Å². The molecule has 3 aromatic carbocycles. The third-order valence-electron chi connectivity index (χ3n) is 4.73. The molecule has 0 spiro atoms. The molecule has 0 atom stereocenters. The predicted octanol–water partition coefficient (Wildman–Crippen LogP) is 4.03. The Bertz CT molecular complexity index is 825. The molecule has 3 rings (SSSR count). The molecule has 0 fully saturated rings. The van der Waals surface area contributed by atoms with E-state index in [4.69, 9.17) is 4.74 Å². The van der Waals surface area contributed by atoms with E-state index in [2.05, 4.69) is 29.6 Å². The molecule has 0 aliphatic rings. The lowest BCUT2D eigenvalue weighted by Crippen LogP contribution is -2.37. The SMILES string of the molecule is COc1ccc(CN(C)C(=O)CNC(c2ccccc2)c2ccccc2)cc1. The zero-order valence-electron chi connectivity index (χ0n) is 16.3. The summed E-state index contributed by atoms with van der Waals surface area (Å²) in [7, 11) is 3.47. The molecule has 0 aliphatic heterocycles. The summed E-state index contributed by atoms with van der Waals surface area (Å²) in [4.78, 5) is 14.4. The summed E-state index contributed by atoms with van der Waals surface area (Å²) >= 11 is 0. The van der Waals surface area contributed by atoms with Gasteiger partial charge >= 0.3 is 0 Å². The van der Waals surface area contributed by atoms with Crippen LogP contribution in [-0.2, 0) is 11.3 Å². The Balaban J connectivity index is 1.64. The summed E-state index contributed by atoms with van der Waals surface area (Å²) < 4.78 is 5.18. The molecule has 0 saturated heterocycles. The fourth-order valence-electron chi connectivity index (χ4n) is 3.14. The van der Waals surface area contributed by atoms with Gasteiger partial charge in [0.2, 0.25) is 5.91 Å². The van der Waals surface area contributed by atoms with Crippen molar-refractivity contribution < 1.29 is 9.53 Å². The third kappa shape index (κ3) is 5.21. The Morgan fingerprint density at radius 3 is 1.93 bits per heavy atom. The molecule has 1 amide bonds. The van der Waals surface area contributed by atoms with Gasteiger partial charge in [0, 0.05) is 13.6 Å². The van der Waals surface area contributed by atoms with E-state index < -0.39 is 0 Å². The summed E-state index contributed by atoms with van der Waals surface area (Å²) in [6, 6.07) is 28.1. The summed E-state index contributed by atoms with van der Waals surface area (Å²) in [6.45, 7) is 0.826. The summed E-state index contributed by atoms with van der Waals surface area (Å²) in [6.07, 6.45) is 0. The largest absolute Gasteiger partial charge is 0.497 e. The number of carbonyl (C=O) groups is 1. The lowest BCUT2D eigenvalue weighted by Gasteiger charge is -2.22. The molecular formula is C24H26N2O2. The first-order valence-electron chi connectivity index (χ1n) is 9.37. The van der Waals surface area contributed by atoms with Gasteiger partial charge in [-0.3, -0.25) is 10.1 Å². The first kappa shape index (κ1) is 19.6. The quantitative estimate of drug-likeness (QED) is 0.647. The number of amides is 1. The van der Waals surface area contributed by atoms with Gasteiger partial charge in [0.1, 0.15) is 5.75 Å². The number of carbonyl (C=O) groups excluding carboxylic acids is 1. The molecule has 3 aromatic rings. The number of nitrogens with zero attached hydrogens (tertiary/aromatic N) is 1. The molecule has 28 heavy (non-hydrogen) atoms. The van der Waals surface area contributed by atoms with Gasteiger partial charge in [0.25, 0.3) is 0 Å². The van der Waals surface area contributed by atoms with Crippen molar-refractivity contribution in [2.45, 2.75) is 12.6 Å². The summed E-state index contributed by atoms with van der Waals surface area (Å²) in [5.74, 6) is 0.862. The number of methoxy groups -OCH3 is 1. The average molecular weight is 374 g/mol. The Hall–Kier alpha value is -3.11. The van der Waals surface area contributed by atoms with E-state index in [1.807, 2.05) is 67.7 Å². The van der Waals surface area contributed by atoms with Crippen LogP contribution in [-0.4, -0.2) is 31.5 Å². The second-order valence-electron chi connectivity index (χ2n) is 6.73. The first-order chi connectivity index (χ1) is 13.7. The maximum atomic E-state index is 12.7. The van der Waals surface area contributed by atoms with Crippen LogP contribution in [0.5, 0.6) is 5.75 Å². The number of nitrogens with one attached hydrogen (secondary N) is 1. The molecule has 1 N–H and O–H groups in total. The van der Waals surface area contributed by atoms with Crippen molar-refractivity contribution in [3.63, 3.8) is 0 Å². The minimum atomic E-state index is -0.0271. The van der Waals surface area contributed by atoms with Crippen molar-refractivity contribution in [2.24, 2.45) is 0 Å². The fraction of sp³-hybridized carbons (Fsp3) is 0.208. The van der Waals surface area contributed by atoms with Gasteiger partial charge in [-0.2, -0.15) is 0 Å². The number of ether oxygens (including phenoxy) is 1. The number of hydrogen-bond acceptors (Lipinski definition) is 3. The van der Waals surface area contributed by atoms with Crippen molar-refractivity contribution in [1.82, 2.24) is 10.2 Å². The van der Waals surface area contributed by atoms with E-state index in [0.29, 0.717) is 6.54 Å². The van der Waals surface area contributed by atoms with Gasteiger partial charge in [-0.05, 0) is 28.8 Å². The van der Waals surface area contributed by atoms with Gasteiger partial charge in [-0.1, -0.05) is 72.8 Å². The van der Waals surface area contributed by atoms with E-state index in [1.165, 1.54) is 0 Å². The molecule has 0 radical (unpaired) electrons. The normalized spacial score (nSPS) is 10.7. The fourth-order valence-corrected chi connectivity index (χ4v) is 3.14. The highest BCUT2D eigenvalue weighted by molar-refractivity contribution is 5.78. The predicted molar refractivity (Wildman–Crippen MR) is 112 cm³/mol. The third-order valence-corrected chi connectivity index (χ3v) is 4.73. The molecule has 4 heteroatoms. The Morgan fingerprint density at radius 2 is 1.43 bits per heavy atom. The number of rotatable bonds is 8. The Labute approximate surface area is 166 Å². The van der Waals surface area contributed by atoms with Gasteiger partial charge < -0.3 is 9.64 Å². The van der Waals surface area contributed by atoms with Crippen molar-refractivity contribution >= 4 is 5.91 Å². The highest BCUT2D eigenvalue weighted by atomic mass is 16.5. The first-order valence-corrected chi connectivity index (χ1v) is 9.37.